The molecule has 0 radical (unpaired) electrons. The first kappa shape index (κ1) is 16.3. The second kappa shape index (κ2) is 7.72. The summed E-state index contributed by atoms with van der Waals surface area (Å²) < 4.78 is 13.5. The van der Waals surface area contributed by atoms with Crippen molar-refractivity contribution >= 4 is 29.3 Å². The number of aliphatic hydroxyl groups is 1. The average molecular weight is 306 g/mol. The Labute approximate surface area is 121 Å². The number of hydrogen-bond donors (Lipinski definition) is 2. The molecule has 1 aromatic carbocycles. The fourth-order valence-electron chi connectivity index (χ4n) is 1.70. The van der Waals surface area contributed by atoms with Crippen LogP contribution in [0.5, 0.6) is 0 Å². The highest BCUT2D eigenvalue weighted by Gasteiger charge is 2.19. The van der Waals surface area contributed by atoms with E-state index in [0.717, 1.165) is 0 Å². The molecule has 0 aliphatic rings. The van der Waals surface area contributed by atoms with Gasteiger partial charge in [-0.25, -0.2) is 4.39 Å². The van der Waals surface area contributed by atoms with Crippen LogP contribution in [-0.4, -0.2) is 35.2 Å². The minimum Gasteiger partial charge on any atom is -0.395 e. The molecule has 0 bridgehead atoms. The molecule has 6 heteroatoms. The van der Waals surface area contributed by atoms with Gasteiger partial charge in [0.25, 0.3) is 0 Å². The molecule has 1 rings (SSSR count). The fraction of sp³-hybridized carbons (Fsp3) is 0.462. The molecule has 0 saturated carbocycles. The van der Waals surface area contributed by atoms with Crippen LogP contribution in [0.3, 0.4) is 0 Å². The zero-order valence-corrected chi connectivity index (χ0v) is 12.4. The van der Waals surface area contributed by atoms with Crippen molar-refractivity contribution in [1.29, 1.82) is 0 Å². The number of aliphatic hydroxyl groups excluding tert-OH is 1. The van der Waals surface area contributed by atoms with Gasteiger partial charge in [-0.3, -0.25) is 4.79 Å². The lowest BCUT2D eigenvalue weighted by atomic mass is 10.1. The molecular weight excluding hydrogens is 289 g/mol. The van der Waals surface area contributed by atoms with Crippen LogP contribution in [0.15, 0.2) is 18.2 Å². The number of hydrogen-bond acceptors (Lipinski definition) is 3. The van der Waals surface area contributed by atoms with E-state index in [2.05, 4.69) is 5.32 Å². The minimum atomic E-state index is -0.487. The molecule has 0 aliphatic heterocycles. The quantitative estimate of drug-likeness (QED) is 0.847. The van der Waals surface area contributed by atoms with E-state index in [4.69, 9.17) is 16.7 Å². The highest BCUT2D eigenvalue weighted by atomic mass is 35.5. The second-order valence-corrected chi connectivity index (χ2v) is 5.67. The van der Waals surface area contributed by atoms with Gasteiger partial charge in [0.2, 0.25) is 5.91 Å². The minimum absolute atomic E-state index is 0.0247. The normalized spacial score (nSPS) is 13.9. The van der Waals surface area contributed by atoms with Crippen molar-refractivity contribution in [2.75, 3.05) is 12.9 Å². The van der Waals surface area contributed by atoms with Crippen molar-refractivity contribution in [2.45, 2.75) is 24.6 Å². The Hall–Kier alpha value is -0.780. The van der Waals surface area contributed by atoms with Crippen molar-refractivity contribution in [3.63, 3.8) is 0 Å². The van der Waals surface area contributed by atoms with E-state index in [1.807, 2.05) is 6.26 Å². The SMILES string of the molecule is CSC(CO)C(C)NC(=O)Cc1c(F)cccc1Cl. The molecule has 106 valence electrons. The van der Waals surface area contributed by atoms with Gasteiger partial charge < -0.3 is 10.4 Å². The predicted molar refractivity (Wildman–Crippen MR) is 77.1 cm³/mol. The number of nitrogens with one attached hydrogen (secondary N) is 1. The van der Waals surface area contributed by atoms with Crippen molar-refractivity contribution < 1.29 is 14.3 Å². The average Bonchev–Trinajstić information content (AvgIpc) is 2.35. The summed E-state index contributed by atoms with van der Waals surface area (Å²) >= 11 is 7.33. The Morgan fingerprint density at radius 2 is 2.26 bits per heavy atom. The predicted octanol–water partition coefficient (Wildman–Crippen LogP) is 2.25. The van der Waals surface area contributed by atoms with Gasteiger partial charge in [0.05, 0.1) is 13.0 Å². The molecule has 0 aliphatic carbocycles. The summed E-state index contributed by atoms with van der Waals surface area (Å²) in [5.41, 5.74) is 0.193. The molecule has 0 saturated heterocycles. The largest absolute Gasteiger partial charge is 0.395 e. The molecule has 0 aromatic heterocycles. The molecule has 0 fully saturated rings. The molecular formula is C13H17ClFNO2S. The maximum Gasteiger partial charge on any atom is 0.224 e. The van der Waals surface area contributed by atoms with E-state index >= 15 is 0 Å². The molecule has 0 heterocycles. The van der Waals surface area contributed by atoms with Crippen LogP contribution in [0.1, 0.15) is 12.5 Å². The Kier molecular flexibility index (Phi) is 6.62. The van der Waals surface area contributed by atoms with E-state index < -0.39 is 5.82 Å². The molecule has 3 nitrogen and oxygen atoms in total. The highest BCUT2D eigenvalue weighted by molar-refractivity contribution is 7.99. The van der Waals surface area contributed by atoms with Gasteiger partial charge in [-0.2, -0.15) is 11.8 Å². The number of benzene rings is 1. The molecule has 19 heavy (non-hydrogen) atoms. The molecule has 2 unspecified atom stereocenters. The summed E-state index contributed by atoms with van der Waals surface area (Å²) in [7, 11) is 0. The maximum atomic E-state index is 13.5. The van der Waals surface area contributed by atoms with Gasteiger partial charge in [0.1, 0.15) is 5.82 Å². The zero-order valence-electron chi connectivity index (χ0n) is 10.8. The summed E-state index contributed by atoms with van der Waals surface area (Å²) in [6, 6.07) is 4.13. The summed E-state index contributed by atoms with van der Waals surface area (Å²) in [6.45, 7) is 1.78. The smallest absolute Gasteiger partial charge is 0.224 e. The monoisotopic (exact) mass is 305 g/mol. The standard InChI is InChI=1S/C13H17ClFNO2S/c1-8(12(7-17)19-2)16-13(18)6-9-10(14)4-3-5-11(9)15/h3-5,8,12,17H,6-7H2,1-2H3,(H,16,18). The molecule has 1 amide bonds. The second-order valence-electron chi connectivity index (χ2n) is 4.19. The lowest BCUT2D eigenvalue weighted by Gasteiger charge is -2.21. The van der Waals surface area contributed by atoms with Crippen LogP contribution in [0.2, 0.25) is 5.02 Å². The number of rotatable bonds is 6. The van der Waals surface area contributed by atoms with E-state index in [-0.39, 0.29) is 40.8 Å². The van der Waals surface area contributed by atoms with E-state index in [1.54, 1.807) is 13.0 Å². The first-order valence-corrected chi connectivity index (χ1v) is 7.52. The van der Waals surface area contributed by atoms with E-state index in [1.165, 1.54) is 23.9 Å². The number of carbonyl (C=O) groups is 1. The third-order valence-corrected chi connectivity index (χ3v) is 4.34. The van der Waals surface area contributed by atoms with E-state index in [0.29, 0.717) is 0 Å². The number of thioether (sulfide) groups is 1. The Bertz CT molecular complexity index is 420. The van der Waals surface area contributed by atoms with Gasteiger partial charge >= 0.3 is 0 Å². The van der Waals surface area contributed by atoms with Gasteiger partial charge in [-0.15, -0.1) is 0 Å². The van der Waals surface area contributed by atoms with Gasteiger partial charge in [-0.05, 0) is 25.3 Å². The van der Waals surface area contributed by atoms with Crippen LogP contribution in [-0.2, 0) is 11.2 Å². The van der Waals surface area contributed by atoms with Crippen LogP contribution < -0.4 is 5.32 Å². The zero-order chi connectivity index (χ0) is 14.4. The number of amides is 1. The van der Waals surface area contributed by atoms with E-state index in [9.17, 15) is 9.18 Å². The molecule has 0 spiro atoms. The first-order valence-electron chi connectivity index (χ1n) is 5.85. The third kappa shape index (κ3) is 4.67. The van der Waals surface area contributed by atoms with Crippen LogP contribution in [0, 0.1) is 5.82 Å². The summed E-state index contributed by atoms with van der Waals surface area (Å²) in [4.78, 5) is 11.8. The Morgan fingerprint density at radius 1 is 1.58 bits per heavy atom. The van der Waals surface area contributed by atoms with Crippen LogP contribution >= 0.6 is 23.4 Å². The van der Waals surface area contributed by atoms with Gasteiger partial charge in [-0.1, -0.05) is 17.7 Å². The third-order valence-electron chi connectivity index (χ3n) is 2.83. The first-order chi connectivity index (χ1) is 8.99. The van der Waals surface area contributed by atoms with Crippen LogP contribution in [0.4, 0.5) is 4.39 Å². The number of halogens is 2. The summed E-state index contributed by atoms with van der Waals surface area (Å²) in [5, 5.41) is 12.0. The maximum absolute atomic E-state index is 13.5. The van der Waals surface area contributed by atoms with Crippen molar-refractivity contribution in [1.82, 2.24) is 5.32 Å². The van der Waals surface area contributed by atoms with Crippen molar-refractivity contribution in [3.8, 4) is 0 Å². The molecule has 2 N–H and O–H groups in total. The Balaban J connectivity index is 2.65. The van der Waals surface area contributed by atoms with Crippen molar-refractivity contribution in [3.05, 3.63) is 34.6 Å². The highest BCUT2D eigenvalue weighted by Crippen LogP contribution is 2.19. The Morgan fingerprint density at radius 3 is 2.79 bits per heavy atom. The van der Waals surface area contributed by atoms with Crippen molar-refractivity contribution in [2.24, 2.45) is 0 Å². The lowest BCUT2D eigenvalue weighted by molar-refractivity contribution is -0.121. The van der Waals surface area contributed by atoms with Gasteiger partial charge in [0, 0.05) is 21.9 Å². The molecule has 1 aromatic rings. The number of carbonyl (C=O) groups excluding carboxylic acids is 1. The van der Waals surface area contributed by atoms with Gasteiger partial charge in [0.15, 0.2) is 0 Å². The molecule has 2 atom stereocenters. The fourth-order valence-corrected chi connectivity index (χ4v) is 2.55. The summed E-state index contributed by atoms with van der Waals surface area (Å²) in [6.07, 6.45) is 1.75. The topological polar surface area (TPSA) is 49.3 Å². The summed E-state index contributed by atoms with van der Waals surface area (Å²) in [5.74, 6) is -0.800. The lowest BCUT2D eigenvalue weighted by Crippen LogP contribution is -2.42. The van der Waals surface area contributed by atoms with Crippen LogP contribution in [0.25, 0.3) is 0 Å².